The van der Waals surface area contributed by atoms with E-state index in [2.05, 4.69) is 19.1 Å². The van der Waals surface area contributed by atoms with Crippen LogP contribution in [0.5, 0.6) is 11.5 Å². The first-order valence-corrected chi connectivity index (χ1v) is 6.89. The molecular formula is C15H21NO2. The summed E-state index contributed by atoms with van der Waals surface area (Å²) >= 11 is 0. The standard InChI is InChI=1S/C15H21NO2/c1-3-17-15-6-10-4-9(2)18-14(10)7-13(15)12-5-11(12)8-16/h6-7,9,11-12H,3-5,8,16H2,1-2H3. The van der Waals surface area contributed by atoms with E-state index in [9.17, 15) is 0 Å². The zero-order valence-corrected chi connectivity index (χ0v) is 11.1. The SMILES string of the molecule is CCOc1cc2c(cc1C1CC1CN)OC(C)C2. The molecule has 1 heterocycles. The normalized spacial score (nSPS) is 28.7. The van der Waals surface area contributed by atoms with E-state index >= 15 is 0 Å². The highest BCUT2D eigenvalue weighted by atomic mass is 16.5. The number of nitrogens with two attached hydrogens (primary N) is 1. The van der Waals surface area contributed by atoms with Gasteiger partial charge in [-0.2, -0.15) is 0 Å². The van der Waals surface area contributed by atoms with Crippen LogP contribution in [0.1, 0.15) is 37.3 Å². The minimum absolute atomic E-state index is 0.286. The maximum atomic E-state index is 5.84. The van der Waals surface area contributed by atoms with Crippen LogP contribution in [0.2, 0.25) is 0 Å². The molecule has 3 heteroatoms. The van der Waals surface area contributed by atoms with Gasteiger partial charge in [0.2, 0.25) is 0 Å². The third-order valence-electron chi connectivity index (χ3n) is 3.95. The van der Waals surface area contributed by atoms with Gasteiger partial charge in [-0.15, -0.1) is 0 Å². The number of ether oxygens (including phenoxy) is 2. The van der Waals surface area contributed by atoms with Gasteiger partial charge in [-0.05, 0) is 50.8 Å². The third-order valence-corrected chi connectivity index (χ3v) is 3.95. The summed E-state index contributed by atoms with van der Waals surface area (Å²) in [5, 5.41) is 0. The van der Waals surface area contributed by atoms with Gasteiger partial charge in [0.15, 0.2) is 0 Å². The fourth-order valence-corrected chi connectivity index (χ4v) is 2.91. The first-order chi connectivity index (χ1) is 8.72. The van der Waals surface area contributed by atoms with Crippen molar-refractivity contribution in [1.82, 2.24) is 0 Å². The van der Waals surface area contributed by atoms with Crippen LogP contribution in [0.4, 0.5) is 0 Å². The molecule has 1 aliphatic heterocycles. The Labute approximate surface area is 108 Å². The Bertz CT molecular complexity index is 458. The predicted octanol–water partition coefficient (Wildman–Crippen LogP) is 2.47. The van der Waals surface area contributed by atoms with Crippen LogP contribution < -0.4 is 15.2 Å². The Morgan fingerprint density at radius 3 is 2.94 bits per heavy atom. The van der Waals surface area contributed by atoms with Crippen LogP contribution in [0, 0.1) is 5.92 Å². The maximum Gasteiger partial charge on any atom is 0.123 e. The lowest BCUT2D eigenvalue weighted by molar-refractivity contribution is 0.254. The molecule has 18 heavy (non-hydrogen) atoms. The third kappa shape index (κ3) is 1.97. The zero-order chi connectivity index (χ0) is 12.7. The van der Waals surface area contributed by atoms with Gasteiger partial charge in [0.1, 0.15) is 17.6 Å². The molecule has 1 aromatic carbocycles. The lowest BCUT2D eigenvalue weighted by Gasteiger charge is -2.12. The van der Waals surface area contributed by atoms with Crippen LogP contribution >= 0.6 is 0 Å². The van der Waals surface area contributed by atoms with Gasteiger partial charge in [-0.25, -0.2) is 0 Å². The molecule has 2 N–H and O–H groups in total. The van der Waals surface area contributed by atoms with Crippen LogP contribution in [-0.4, -0.2) is 19.3 Å². The van der Waals surface area contributed by atoms with Crippen molar-refractivity contribution in [1.29, 1.82) is 0 Å². The lowest BCUT2D eigenvalue weighted by atomic mass is 10.0. The molecule has 0 aromatic heterocycles. The van der Waals surface area contributed by atoms with Crippen molar-refractivity contribution in [3.8, 4) is 11.5 Å². The van der Waals surface area contributed by atoms with E-state index in [1.54, 1.807) is 0 Å². The van der Waals surface area contributed by atoms with Gasteiger partial charge in [0.05, 0.1) is 6.61 Å². The number of hydrogen-bond donors (Lipinski definition) is 1. The summed E-state index contributed by atoms with van der Waals surface area (Å²) in [7, 11) is 0. The molecule has 3 nitrogen and oxygen atoms in total. The van der Waals surface area contributed by atoms with Crippen molar-refractivity contribution in [2.24, 2.45) is 11.7 Å². The molecule has 1 aromatic rings. The molecule has 2 aliphatic rings. The highest BCUT2D eigenvalue weighted by Crippen LogP contribution is 2.51. The van der Waals surface area contributed by atoms with E-state index in [0.717, 1.165) is 24.5 Å². The Kier molecular flexibility index (Phi) is 2.94. The van der Waals surface area contributed by atoms with Gasteiger partial charge >= 0.3 is 0 Å². The van der Waals surface area contributed by atoms with E-state index in [-0.39, 0.29) is 6.10 Å². The first-order valence-electron chi connectivity index (χ1n) is 6.89. The van der Waals surface area contributed by atoms with E-state index in [0.29, 0.717) is 18.4 Å². The number of benzene rings is 1. The van der Waals surface area contributed by atoms with Crippen LogP contribution in [0.3, 0.4) is 0 Å². The topological polar surface area (TPSA) is 44.5 Å². The van der Waals surface area contributed by atoms with Crippen molar-refractivity contribution in [3.05, 3.63) is 23.3 Å². The fraction of sp³-hybridized carbons (Fsp3) is 0.600. The molecule has 0 amide bonds. The number of rotatable bonds is 4. The largest absolute Gasteiger partial charge is 0.494 e. The van der Waals surface area contributed by atoms with Crippen molar-refractivity contribution in [2.75, 3.05) is 13.2 Å². The minimum Gasteiger partial charge on any atom is -0.494 e. The molecule has 98 valence electrons. The molecule has 3 rings (SSSR count). The molecular weight excluding hydrogens is 226 g/mol. The summed E-state index contributed by atoms with van der Waals surface area (Å²) in [5.74, 6) is 3.28. The second kappa shape index (κ2) is 4.47. The van der Waals surface area contributed by atoms with Crippen LogP contribution in [-0.2, 0) is 6.42 Å². The van der Waals surface area contributed by atoms with Gasteiger partial charge in [-0.3, -0.25) is 0 Å². The minimum atomic E-state index is 0.286. The van der Waals surface area contributed by atoms with Gasteiger partial charge < -0.3 is 15.2 Å². The summed E-state index contributed by atoms with van der Waals surface area (Å²) in [6.07, 6.45) is 2.46. The van der Waals surface area contributed by atoms with Gasteiger partial charge in [0.25, 0.3) is 0 Å². The summed E-state index contributed by atoms with van der Waals surface area (Å²) < 4.78 is 11.6. The van der Waals surface area contributed by atoms with E-state index in [1.807, 2.05) is 6.92 Å². The summed E-state index contributed by atoms with van der Waals surface area (Å²) in [4.78, 5) is 0. The van der Waals surface area contributed by atoms with E-state index in [1.165, 1.54) is 17.5 Å². The number of hydrogen-bond acceptors (Lipinski definition) is 3. The van der Waals surface area contributed by atoms with E-state index < -0.39 is 0 Å². The summed E-state index contributed by atoms with van der Waals surface area (Å²) in [6.45, 7) is 5.62. The first kappa shape index (κ1) is 11.8. The molecule has 1 saturated carbocycles. The quantitative estimate of drug-likeness (QED) is 0.889. The Morgan fingerprint density at radius 1 is 1.44 bits per heavy atom. The zero-order valence-electron chi connectivity index (χ0n) is 11.1. The van der Waals surface area contributed by atoms with E-state index in [4.69, 9.17) is 15.2 Å². The molecule has 3 unspecified atom stereocenters. The molecule has 0 saturated heterocycles. The smallest absolute Gasteiger partial charge is 0.123 e. The predicted molar refractivity (Wildman–Crippen MR) is 71.3 cm³/mol. The van der Waals surface area contributed by atoms with Gasteiger partial charge in [0, 0.05) is 17.5 Å². The fourth-order valence-electron chi connectivity index (χ4n) is 2.91. The molecule has 0 bridgehead atoms. The van der Waals surface area contributed by atoms with Crippen LogP contribution in [0.25, 0.3) is 0 Å². The van der Waals surface area contributed by atoms with Crippen molar-refractivity contribution in [3.63, 3.8) is 0 Å². The lowest BCUT2D eigenvalue weighted by Crippen LogP contribution is -2.05. The average Bonchev–Trinajstić information content (AvgIpc) is 3.04. The van der Waals surface area contributed by atoms with Crippen LogP contribution in [0.15, 0.2) is 12.1 Å². The van der Waals surface area contributed by atoms with Crippen molar-refractivity contribution in [2.45, 2.75) is 38.7 Å². The van der Waals surface area contributed by atoms with Gasteiger partial charge in [-0.1, -0.05) is 0 Å². The second-order valence-corrected chi connectivity index (χ2v) is 5.40. The Morgan fingerprint density at radius 2 is 2.28 bits per heavy atom. The Hall–Kier alpha value is -1.22. The molecule has 1 fully saturated rings. The second-order valence-electron chi connectivity index (χ2n) is 5.40. The maximum absolute atomic E-state index is 5.84. The molecule has 0 radical (unpaired) electrons. The Balaban J connectivity index is 1.94. The highest BCUT2D eigenvalue weighted by Gasteiger charge is 2.40. The molecule has 0 spiro atoms. The molecule has 3 atom stereocenters. The summed E-state index contributed by atoms with van der Waals surface area (Å²) in [5.41, 5.74) is 8.32. The number of fused-ring (bicyclic) bond motifs is 1. The van der Waals surface area contributed by atoms with Crippen molar-refractivity contribution < 1.29 is 9.47 Å². The van der Waals surface area contributed by atoms with Crippen molar-refractivity contribution >= 4 is 0 Å². The average molecular weight is 247 g/mol. The highest BCUT2D eigenvalue weighted by molar-refractivity contribution is 5.51. The monoisotopic (exact) mass is 247 g/mol. The summed E-state index contributed by atoms with van der Waals surface area (Å²) in [6, 6.07) is 4.35. The molecule has 1 aliphatic carbocycles.